The first-order valence-electron chi connectivity index (χ1n) is 9.35. The van der Waals surface area contributed by atoms with Crippen LogP contribution in [0.3, 0.4) is 0 Å². The van der Waals surface area contributed by atoms with Gasteiger partial charge in [-0.25, -0.2) is 9.59 Å². The molecule has 0 radical (unpaired) electrons. The van der Waals surface area contributed by atoms with E-state index in [0.717, 1.165) is 25.7 Å². The SMILES string of the molecule is CC(=O)CSc1ccccc1C(=O)OCC(=O)NC(=O)N[C@H]1CCCC[C@@H]1C. The summed E-state index contributed by atoms with van der Waals surface area (Å²) in [6, 6.07) is 6.19. The smallest absolute Gasteiger partial charge is 0.339 e. The Balaban J connectivity index is 1.81. The normalized spacial score (nSPS) is 18.8. The summed E-state index contributed by atoms with van der Waals surface area (Å²) in [7, 11) is 0. The molecule has 8 heteroatoms. The molecule has 0 heterocycles. The van der Waals surface area contributed by atoms with Crippen LogP contribution in [-0.2, 0) is 14.3 Å². The Morgan fingerprint density at radius 3 is 2.57 bits per heavy atom. The van der Waals surface area contributed by atoms with Crippen LogP contribution < -0.4 is 10.6 Å². The molecular weight excluding hydrogens is 380 g/mol. The van der Waals surface area contributed by atoms with Gasteiger partial charge in [0.2, 0.25) is 0 Å². The van der Waals surface area contributed by atoms with Crippen molar-refractivity contribution in [1.82, 2.24) is 10.6 Å². The molecule has 1 saturated carbocycles. The zero-order chi connectivity index (χ0) is 20.5. The summed E-state index contributed by atoms with van der Waals surface area (Å²) in [5.74, 6) is -0.765. The van der Waals surface area contributed by atoms with Gasteiger partial charge in [0.1, 0.15) is 5.78 Å². The van der Waals surface area contributed by atoms with E-state index >= 15 is 0 Å². The third kappa shape index (κ3) is 6.99. The van der Waals surface area contributed by atoms with Crippen molar-refractivity contribution >= 4 is 35.5 Å². The number of carbonyl (C=O) groups is 4. The Labute approximate surface area is 169 Å². The van der Waals surface area contributed by atoms with Crippen molar-refractivity contribution in [2.45, 2.75) is 50.5 Å². The number of carbonyl (C=O) groups excluding carboxylic acids is 4. The van der Waals surface area contributed by atoms with E-state index in [1.807, 2.05) is 0 Å². The lowest BCUT2D eigenvalue weighted by molar-refractivity contribution is -0.123. The maximum absolute atomic E-state index is 12.3. The molecule has 0 saturated heterocycles. The summed E-state index contributed by atoms with van der Waals surface area (Å²) in [4.78, 5) is 47.9. The molecule has 1 aromatic rings. The number of ketones is 1. The maximum atomic E-state index is 12.3. The predicted molar refractivity (Wildman–Crippen MR) is 106 cm³/mol. The van der Waals surface area contributed by atoms with Gasteiger partial charge in [0, 0.05) is 10.9 Å². The van der Waals surface area contributed by atoms with Crippen molar-refractivity contribution in [3.63, 3.8) is 0 Å². The van der Waals surface area contributed by atoms with E-state index < -0.39 is 24.5 Å². The minimum Gasteiger partial charge on any atom is -0.452 e. The Hall–Kier alpha value is -2.35. The molecule has 1 fully saturated rings. The van der Waals surface area contributed by atoms with Gasteiger partial charge in [-0.2, -0.15) is 0 Å². The first-order chi connectivity index (χ1) is 13.4. The van der Waals surface area contributed by atoms with E-state index in [4.69, 9.17) is 4.74 Å². The molecule has 0 aromatic heterocycles. The molecule has 0 bridgehead atoms. The van der Waals surface area contributed by atoms with Crippen LogP contribution in [0.25, 0.3) is 0 Å². The molecule has 2 rings (SSSR count). The second-order valence-electron chi connectivity index (χ2n) is 6.95. The number of urea groups is 1. The number of benzene rings is 1. The predicted octanol–water partition coefficient (Wildman–Crippen LogP) is 2.93. The van der Waals surface area contributed by atoms with Crippen LogP contribution in [0.15, 0.2) is 29.2 Å². The van der Waals surface area contributed by atoms with Crippen LogP contribution in [0.1, 0.15) is 49.9 Å². The number of rotatable bonds is 7. The lowest BCUT2D eigenvalue weighted by Crippen LogP contribution is -2.48. The second kappa shape index (κ2) is 10.8. The molecule has 0 unspecified atom stereocenters. The van der Waals surface area contributed by atoms with E-state index in [2.05, 4.69) is 17.6 Å². The second-order valence-corrected chi connectivity index (χ2v) is 7.97. The Morgan fingerprint density at radius 1 is 1.14 bits per heavy atom. The molecule has 0 aliphatic heterocycles. The summed E-state index contributed by atoms with van der Waals surface area (Å²) in [6.45, 7) is 2.99. The molecule has 2 N–H and O–H groups in total. The number of ether oxygens (including phenoxy) is 1. The summed E-state index contributed by atoms with van der Waals surface area (Å²) in [6.07, 6.45) is 4.16. The molecule has 1 aliphatic rings. The van der Waals surface area contributed by atoms with Gasteiger partial charge in [0.25, 0.3) is 5.91 Å². The summed E-state index contributed by atoms with van der Waals surface area (Å²) in [5, 5.41) is 5.00. The molecule has 1 aliphatic carbocycles. The maximum Gasteiger partial charge on any atom is 0.339 e. The fraction of sp³-hybridized carbons (Fsp3) is 0.500. The highest BCUT2D eigenvalue weighted by Crippen LogP contribution is 2.24. The fourth-order valence-corrected chi connectivity index (χ4v) is 3.89. The first-order valence-corrected chi connectivity index (χ1v) is 10.3. The van der Waals surface area contributed by atoms with Crippen LogP contribution in [0, 0.1) is 5.92 Å². The highest BCUT2D eigenvalue weighted by molar-refractivity contribution is 8.00. The number of hydrogen-bond acceptors (Lipinski definition) is 6. The number of imide groups is 1. The highest BCUT2D eigenvalue weighted by atomic mass is 32.2. The lowest BCUT2D eigenvalue weighted by atomic mass is 9.86. The monoisotopic (exact) mass is 406 g/mol. The van der Waals surface area contributed by atoms with Crippen molar-refractivity contribution in [3.05, 3.63) is 29.8 Å². The van der Waals surface area contributed by atoms with Crippen LogP contribution in [0.4, 0.5) is 4.79 Å². The van der Waals surface area contributed by atoms with Crippen LogP contribution in [0.5, 0.6) is 0 Å². The molecule has 0 spiro atoms. The number of thioether (sulfide) groups is 1. The number of esters is 1. The molecule has 28 heavy (non-hydrogen) atoms. The average Bonchev–Trinajstić information content (AvgIpc) is 2.66. The molecule has 3 amide bonds. The minimum atomic E-state index is -0.691. The summed E-state index contributed by atoms with van der Waals surface area (Å²) < 4.78 is 5.02. The van der Waals surface area contributed by atoms with Crippen molar-refractivity contribution in [1.29, 1.82) is 0 Å². The van der Waals surface area contributed by atoms with Gasteiger partial charge in [-0.1, -0.05) is 31.9 Å². The molecule has 1 aromatic carbocycles. The quantitative estimate of drug-likeness (QED) is 0.533. The van der Waals surface area contributed by atoms with Gasteiger partial charge in [-0.15, -0.1) is 11.8 Å². The molecule has 152 valence electrons. The standard InChI is InChI=1S/C20H26N2O5S/c1-13-7-3-5-9-16(13)21-20(26)22-18(24)11-27-19(25)15-8-4-6-10-17(15)28-12-14(2)23/h4,6,8,10,13,16H,3,5,7,9,11-12H2,1-2H3,(H2,21,22,24,26)/t13-,16-/m0/s1. The van der Waals surface area contributed by atoms with Gasteiger partial charge in [-0.05, 0) is 37.8 Å². The zero-order valence-corrected chi connectivity index (χ0v) is 17.0. The first kappa shape index (κ1) is 21.9. The zero-order valence-electron chi connectivity index (χ0n) is 16.2. The van der Waals surface area contributed by atoms with E-state index in [9.17, 15) is 19.2 Å². The van der Waals surface area contributed by atoms with E-state index in [1.54, 1.807) is 24.3 Å². The van der Waals surface area contributed by atoms with E-state index in [1.165, 1.54) is 18.7 Å². The third-order valence-electron chi connectivity index (χ3n) is 4.55. The minimum absolute atomic E-state index is 0.00848. The molecular formula is C20H26N2O5S. The number of hydrogen-bond donors (Lipinski definition) is 2. The Kier molecular flexibility index (Phi) is 8.50. The largest absolute Gasteiger partial charge is 0.452 e. The van der Waals surface area contributed by atoms with Gasteiger partial charge < -0.3 is 10.1 Å². The van der Waals surface area contributed by atoms with Crippen LogP contribution >= 0.6 is 11.8 Å². The average molecular weight is 407 g/mol. The number of amides is 3. The van der Waals surface area contributed by atoms with Crippen molar-refractivity contribution < 1.29 is 23.9 Å². The number of nitrogens with one attached hydrogen (secondary N) is 2. The number of Topliss-reactive ketones (excluding diaryl/α,β-unsaturated/α-hetero) is 1. The summed E-state index contributed by atoms with van der Waals surface area (Å²) >= 11 is 1.23. The fourth-order valence-electron chi connectivity index (χ4n) is 3.05. The third-order valence-corrected chi connectivity index (χ3v) is 5.77. The van der Waals surface area contributed by atoms with Gasteiger partial charge in [0.15, 0.2) is 6.61 Å². The van der Waals surface area contributed by atoms with Crippen molar-refractivity contribution in [2.75, 3.05) is 12.4 Å². The van der Waals surface area contributed by atoms with E-state index in [0.29, 0.717) is 10.8 Å². The molecule has 2 atom stereocenters. The van der Waals surface area contributed by atoms with Crippen molar-refractivity contribution in [3.8, 4) is 0 Å². The van der Waals surface area contributed by atoms with Crippen molar-refractivity contribution in [2.24, 2.45) is 5.92 Å². The lowest BCUT2D eigenvalue weighted by Gasteiger charge is -2.29. The summed E-state index contributed by atoms with van der Waals surface area (Å²) in [5.41, 5.74) is 0.280. The highest BCUT2D eigenvalue weighted by Gasteiger charge is 2.23. The van der Waals surface area contributed by atoms with Crippen LogP contribution in [-0.4, -0.2) is 42.1 Å². The van der Waals surface area contributed by atoms with E-state index in [-0.39, 0.29) is 23.1 Å². The van der Waals surface area contributed by atoms with Gasteiger partial charge in [0.05, 0.1) is 11.3 Å². The van der Waals surface area contributed by atoms with Gasteiger partial charge in [-0.3, -0.25) is 14.9 Å². The van der Waals surface area contributed by atoms with Gasteiger partial charge >= 0.3 is 12.0 Å². The van der Waals surface area contributed by atoms with Crippen LogP contribution in [0.2, 0.25) is 0 Å². The topological polar surface area (TPSA) is 102 Å². The molecule has 7 nitrogen and oxygen atoms in total. The Morgan fingerprint density at radius 2 is 1.86 bits per heavy atom. The Bertz CT molecular complexity index is 737.